The molecule has 1 amide bonds. The molecule has 1 aliphatic rings. The van der Waals surface area contributed by atoms with E-state index in [9.17, 15) is 9.59 Å². The number of fused-ring (bicyclic) bond motifs is 1. The number of carbonyl (C=O) groups is 1. The van der Waals surface area contributed by atoms with E-state index in [1.807, 2.05) is 30.5 Å². The summed E-state index contributed by atoms with van der Waals surface area (Å²) < 4.78 is 1.23. The average molecular weight is 377 g/mol. The Bertz CT molecular complexity index is 1020. The molecule has 4 rings (SSSR count). The number of piperidine rings is 1. The van der Waals surface area contributed by atoms with Crippen LogP contribution in [-0.4, -0.2) is 44.7 Å². The summed E-state index contributed by atoms with van der Waals surface area (Å²) in [5, 5.41) is 8.55. The van der Waals surface area contributed by atoms with Gasteiger partial charge >= 0.3 is 0 Å². The van der Waals surface area contributed by atoms with E-state index in [0.29, 0.717) is 5.39 Å². The summed E-state index contributed by atoms with van der Waals surface area (Å²) in [6.07, 6.45) is 7.24. The van der Waals surface area contributed by atoms with Gasteiger partial charge < -0.3 is 5.32 Å². The molecule has 7 heteroatoms. The Morgan fingerprint density at radius 3 is 2.93 bits per heavy atom. The summed E-state index contributed by atoms with van der Waals surface area (Å²) in [5.41, 5.74) is 0.927. The van der Waals surface area contributed by atoms with Gasteiger partial charge in [-0.2, -0.15) is 5.10 Å². The van der Waals surface area contributed by atoms with Gasteiger partial charge in [0.1, 0.15) is 6.54 Å². The highest BCUT2D eigenvalue weighted by molar-refractivity contribution is 5.81. The van der Waals surface area contributed by atoms with Gasteiger partial charge in [-0.25, -0.2) is 4.68 Å². The number of carbonyl (C=O) groups excluding carboxylic acids is 1. The van der Waals surface area contributed by atoms with Gasteiger partial charge in [0.15, 0.2) is 0 Å². The summed E-state index contributed by atoms with van der Waals surface area (Å²) in [6.45, 7) is 2.56. The number of benzene rings is 1. The lowest BCUT2D eigenvalue weighted by molar-refractivity contribution is -0.123. The van der Waals surface area contributed by atoms with Gasteiger partial charge in [-0.1, -0.05) is 24.3 Å². The maximum Gasteiger partial charge on any atom is 0.275 e. The maximum atomic E-state index is 12.5. The minimum Gasteiger partial charge on any atom is -0.350 e. The average Bonchev–Trinajstić information content (AvgIpc) is 2.71. The van der Waals surface area contributed by atoms with E-state index in [1.54, 1.807) is 18.5 Å². The van der Waals surface area contributed by atoms with Crippen molar-refractivity contribution >= 4 is 16.7 Å². The summed E-state index contributed by atoms with van der Waals surface area (Å²) in [6, 6.07) is 11.3. The number of hydrogen-bond donors (Lipinski definition) is 1. The van der Waals surface area contributed by atoms with E-state index in [1.165, 1.54) is 10.2 Å². The van der Waals surface area contributed by atoms with Crippen molar-refractivity contribution in [3.8, 4) is 0 Å². The van der Waals surface area contributed by atoms with Crippen molar-refractivity contribution in [3.05, 3.63) is 70.9 Å². The molecule has 2 aromatic heterocycles. The first-order chi connectivity index (χ1) is 13.7. The molecule has 1 aromatic carbocycles. The van der Waals surface area contributed by atoms with Crippen LogP contribution in [0.15, 0.2) is 59.8 Å². The Morgan fingerprint density at radius 2 is 2.07 bits per heavy atom. The van der Waals surface area contributed by atoms with Gasteiger partial charge in [0.2, 0.25) is 5.91 Å². The Hall–Kier alpha value is -3.06. The number of hydrogen-bond acceptors (Lipinski definition) is 5. The van der Waals surface area contributed by atoms with Gasteiger partial charge in [0.25, 0.3) is 5.56 Å². The molecule has 0 spiro atoms. The Balaban J connectivity index is 1.37. The Kier molecular flexibility index (Phi) is 5.43. The second-order valence-corrected chi connectivity index (χ2v) is 7.20. The van der Waals surface area contributed by atoms with Crippen LogP contribution in [0.4, 0.5) is 0 Å². The molecule has 7 nitrogen and oxygen atoms in total. The zero-order valence-electron chi connectivity index (χ0n) is 15.6. The summed E-state index contributed by atoms with van der Waals surface area (Å²) in [7, 11) is 0. The highest BCUT2D eigenvalue weighted by Crippen LogP contribution is 2.13. The molecule has 1 unspecified atom stereocenters. The first-order valence-electron chi connectivity index (χ1n) is 9.54. The van der Waals surface area contributed by atoms with Crippen LogP contribution in [0.1, 0.15) is 18.4 Å². The Labute approximate surface area is 163 Å². The van der Waals surface area contributed by atoms with Gasteiger partial charge in [-0.15, -0.1) is 0 Å². The number of pyridine rings is 1. The third kappa shape index (κ3) is 4.26. The molecule has 3 aromatic rings. The largest absolute Gasteiger partial charge is 0.350 e. The lowest BCUT2D eigenvalue weighted by atomic mass is 10.0. The number of likely N-dealkylation sites (tertiary alicyclic amines) is 1. The normalized spacial score (nSPS) is 17.5. The highest BCUT2D eigenvalue weighted by atomic mass is 16.2. The fourth-order valence-corrected chi connectivity index (χ4v) is 3.72. The fraction of sp³-hybridized carbons (Fsp3) is 0.333. The molecule has 0 radical (unpaired) electrons. The van der Waals surface area contributed by atoms with Crippen LogP contribution in [0, 0.1) is 0 Å². The lowest BCUT2D eigenvalue weighted by Crippen LogP contribution is -2.48. The summed E-state index contributed by atoms with van der Waals surface area (Å²) in [4.78, 5) is 31.5. The van der Waals surface area contributed by atoms with Gasteiger partial charge in [-0.05, 0) is 37.1 Å². The molecular formula is C21H23N5O2. The van der Waals surface area contributed by atoms with E-state index < -0.39 is 0 Å². The topological polar surface area (TPSA) is 80.1 Å². The van der Waals surface area contributed by atoms with Gasteiger partial charge in [0, 0.05) is 36.9 Å². The molecule has 1 fully saturated rings. The molecule has 3 heterocycles. The number of rotatable bonds is 5. The monoisotopic (exact) mass is 377 g/mol. The zero-order valence-corrected chi connectivity index (χ0v) is 15.6. The van der Waals surface area contributed by atoms with Crippen molar-refractivity contribution in [2.75, 3.05) is 13.1 Å². The van der Waals surface area contributed by atoms with Crippen LogP contribution >= 0.6 is 0 Å². The van der Waals surface area contributed by atoms with E-state index in [4.69, 9.17) is 0 Å². The number of amides is 1. The van der Waals surface area contributed by atoms with Gasteiger partial charge in [-0.3, -0.25) is 19.5 Å². The predicted octanol–water partition coefficient (Wildman–Crippen LogP) is 1.57. The third-order valence-corrected chi connectivity index (χ3v) is 5.05. The standard InChI is InChI=1S/C21H23N5O2/c27-20(15-26-21(28)19-8-2-1-6-17(19)12-23-26)24-18-7-4-10-25(14-18)13-16-5-3-9-22-11-16/h1-3,5-6,8-9,11-12,18H,4,7,10,13-15H2,(H,24,27). The van der Waals surface area contributed by atoms with Crippen molar-refractivity contribution in [1.82, 2.24) is 25.0 Å². The minimum absolute atomic E-state index is 0.0667. The Morgan fingerprint density at radius 1 is 1.18 bits per heavy atom. The van der Waals surface area contributed by atoms with Crippen LogP contribution < -0.4 is 10.9 Å². The van der Waals surface area contributed by atoms with Crippen LogP contribution in [0.3, 0.4) is 0 Å². The van der Waals surface area contributed by atoms with Crippen LogP contribution in [0.2, 0.25) is 0 Å². The smallest absolute Gasteiger partial charge is 0.275 e. The molecular weight excluding hydrogens is 354 g/mol. The van der Waals surface area contributed by atoms with Crippen molar-refractivity contribution in [2.24, 2.45) is 0 Å². The van der Waals surface area contributed by atoms with Gasteiger partial charge in [0.05, 0.1) is 11.6 Å². The highest BCUT2D eigenvalue weighted by Gasteiger charge is 2.22. The number of aromatic nitrogens is 3. The first-order valence-corrected chi connectivity index (χ1v) is 9.54. The molecule has 0 bridgehead atoms. The summed E-state index contributed by atoms with van der Waals surface area (Å²) in [5.74, 6) is -0.182. The minimum atomic E-state index is -0.241. The number of nitrogens with one attached hydrogen (secondary N) is 1. The number of nitrogens with zero attached hydrogens (tertiary/aromatic N) is 4. The van der Waals surface area contributed by atoms with Crippen molar-refractivity contribution in [1.29, 1.82) is 0 Å². The lowest BCUT2D eigenvalue weighted by Gasteiger charge is -2.33. The molecule has 144 valence electrons. The van der Waals surface area contributed by atoms with E-state index >= 15 is 0 Å². The molecule has 0 aliphatic carbocycles. The molecule has 0 saturated carbocycles. The van der Waals surface area contributed by atoms with E-state index in [2.05, 4.69) is 26.4 Å². The van der Waals surface area contributed by atoms with Crippen molar-refractivity contribution in [3.63, 3.8) is 0 Å². The molecule has 28 heavy (non-hydrogen) atoms. The van der Waals surface area contributed by atoms with Crippen LogP contribution in [-0.2, 0) is 17.9 Å². The predicted molar refractivity (Wildman–Crippen MR) is 107 cm³/mol. The molecule has 1 aliphatic heterocycles. The molecule has 1 N–H and O–H groups in total. The van der Waals surface area contributed by atoms with Crippen molar-refractivity contribution in [2.45, 2.75) is 32.0 Å². The van der Waals surface area contributed by atoms with Crippen LogP contribution in [0.5, 0.6) is 0 Å². The van der Waals surface area contributed by atoms with E-state index in [0.717, 1.165) is 37.9 Å². The van der Waals surface area contributed by atoms with E-state index in [-0.39, 0.29) is 24.1 Å². The second kappa shape index (κ2) is 8.31. The summed E-state index contributed by atoms with van der Waals surface area (Å²) >= 11 is 0. The second-order valence-electron chi connectivity index (χ2n) is 7.20. The SMILES string of the molecule is O=C(Cn1ncc2ccccc2c1=O)NC1CCCN(Cc2cccnc2)C1. The van der Waals surface area contributed by atoms with Crippen LogP contribution in [0.25, 0.3) is 10.8 Å². The third-order valence-electron chi connectivity index (χ3n) is 5.05. The fourth-order valence-electron chi connectivity index (χ4n) is 3.72. The maximum absolute atomic E-state index is 12.5. The first kappa shape index (κ1) is 18.3. The molecule has 1 saturated heterocycles. The van der Waals surface area contributed by atoms with Crippen molar-refractivity contribution < 1.29 is 4.79 Å². The quantitative estimate of drug-likeness (QED) is 0.730. The molecule has 1 atom stereocenters. The zero-order chi connectivity index (χ0) is 19.3.